The van der Waals surface area contributed by atoms with E-state index in [1.54, 1.807) is 19.1 Å². The monoisotopic (exact) mass is 350 g/mol. The average molecular weight is 350 g/mol. The molecule has 26 heavy (non-hydrogen) atoms. The molecule has 1 unspecified atom stereocenters. The summed E-state index contributed by atoms with van der Waals surface area (Å²) in [6, 6.07) is 17.2. The van der Waals surface area contributed by atoms with Gasteiger partial charge in [-0.3, -0.25) is 4.79 Å². The summed E-state index contributed by atoms with van der Waals surface area (Å²) < 4.78 is 13.3. The second-order valence-corrected chi connectivity index (χ2v) is 5.96. The summed E-state index contributed by atoms with van der Waals surface area (Å²) in [5, 5.41) is 5.85. The second-order valence-electron chi connectivity index (χ2n) is 5.96. The summed E-state index contributed by atoms with van der Waals surface area (Å²) in [5.74, 6) is -0.469. The summed E-state index contributed by atoms with van der Waals surface area (Å²) in [5.41, 5.74) is 2.33. The van der Waals surface area contributed by atoms with E-state index >= 15 is 0 Å². The molecule has 6 heteroatoms. The van der Waals surface area contributed by atoms with Crippen LogP contribution in [0.5, 0.6) is 0 Å². The highest BCUT2D eigenvalue weighted by atomic mass is 19.1. The van der Waals surface area contributed by atoms with Gasteiger partial charge in [0.15, 0.2) is 0 Å². The quantitative estimate of drug-likeness (QED) is 0.718. The zero-order valence-electron chi connectivity index (χ0n) is 14.5. The predicted octanol–water partition coefficient (Wildman–Crippen LogP) is 4.35. The molecule has 1 aromatic heterocycles. The van der Waals surface area contributed by atoms with Crippen LogP contribution in [0.25, 0.3) is 0 Å². The Balaban J connectivity index is 1.77. The van der Waals surface area contributed by atoms with Crippen molar-refractivity contribution in [3.63, 3.8) is 0 Å². The summed E-state index contributed by atoms with van der Waals surface area (Å²) in [6.07, 6.45) is 0. The summed E-state index contributed by atoms with van der Waals surface area (Å²) >= 11 is 0. The van der Waals surface area contributed by atoms with Crippen LogP contribution in [0.15, 0.2) is 60.7 Å². The van der Waals surface area contributed by atoms with Crippen molar-refractivity contribution in [2.45, 2.75) is 19.9 Å². The van der Waals surface area contributed by atoms with Gasteiger partial charge in [0.25, 0.3) is 5.91 Å². The van der Waals surface area contributed by atoms with Gasteiger partial charge < -0.3 is 10.6 Å². The average Bonchev–Trinajstić information content (AvgIpc) is 2.62. The number of hydrogen-bond acceptors (Lipinski definition) is 4. The number of nitrogens with zero attached hydrogens (tertiary/aromatic N) is 2. The van der Waals surface area contributed by atoms with Crippen LogP contribution in [-0.2, 0) is 0 Å². The molecule has 0 spiro atoms. The smallest absolute Gasteiger partial charge is 0.274 e. The number of carbonyl (C=O) groups excluding carboxylic acids is 1. The zero-order valence-corrected chi connectivity index (χ0v) is 14.5. The number of aromatic nitrogens is 2. The largest absolute Gasteiger partial charge is 0.348 e. The van der Waals surface area contributed by atoms with Gasteiger partial charge in [0.1, 0.15) is 11.5 Å². The standard InChI is InChI=1S/C20H19FN4O/c1-13-11-18(19(26)24-17-10-6-9-16(21)12-17)25-20(22-13)23-14(2)15-7-4-3-5-8-15/h3-12,14H,1-2H3,(H,24,26)(H,22,23,25). The van der Waals surface area contributed by atoms with Gasteiger partial charge in [0.2, 0.25) is 5.95 Å². The Labute approximate surface area is 151 Å². The third kappa shape index (κ3) is 4.42. The highest BCUT2D eigenvalue weighted by molar-refractivity contribution is 6.03. The zero-order chi connectivity index (χ0) is 18.5. The maximum atomic E-state index is 13.3. The van der Waals surface area contributed by atoms with Gasteiger partial charge in [0.05, 0.1) is 6.04 Å². The number of carbonyl (C=O) groups is 1. The SMILES string of the molecule is Cc1cc(C(=O)Nc2cccc(F)c2)nc(NC(C)c2ccccc2)n1. The predicted molar refractivity (Wildman–Crippen MR) is 99.6 cm³/mol. The summed E-state index contributed by atoms with van der Waals surface area (Å²) in [6.45, 7) is 3.78. The molecular weight excluding hydrogens is 331 g/mol. The Morgan fingerprint density at radius 2 is 1.81 bits per heavy atom. The highest BCUT2D eigenvalue weighted by Crippen LogP contribution is 2.17. The number of hydrogen-bond donors (Lipinski definition) is 2. The third-order valence-electron chi connectivity index (χ3n) is 3.81. The van der Waals surface area contributed by atoms with Crippen LogP contribution in [0.4, 0.5) is 16.0 Å². The van der Waals surface area contributed by atoms with E-state index in [2.05, 4.69) is 20.6 Å². The van der Waals surface area contributed by atoms with Crippen LogP contribution >= 0.6 is 0 Å². The van der Waals surface area contributed by atoms with E-state index < -0.39 is 11.7 Å². The fourth-order valence-electron chi connectivity index (χ4n) is 2.53. The van der Waals surface area contributed by atoms with Crippen LogP contribution in [0.1, 0.15) is 34.7 Å². The van der Waals surface area contributed by atoms with Gasteiger partial charge in [-0.15, -0.1) is 0 Å². The third-order valence-corrected chi connectivity index (χ3v) is 3.81. The fraction of sp³-hybridized carbons (Fsp3) is 0.150. The first-order valence-corrected chi connectivity index (χ1v) is 8.25. The van der Waals surface area contributed by atoms with Gasteiger partial charge in [-0.2, -0.15) is 0 Å². The number of aryl methyl sites for hydroxylation is 1. The molecule has 132 valence electrons. The minimum Gasteiger partial charge on any atom is -0.348 e. The molecule has 0 saturated carbocycles. The second kappa shape index (κ2) is 7.74. The number of halogens is 1. The summed E-state index contributed by atoms with van der Waals surface area (Å²) in [4.78, 5) is 21.1. The normalized spacial score (nSPS) is 11.7. The van der Waals surface area contributed by atoms with E-state index in [0.717, 1.165) is 5.56 Å². The first kappa shape index (κ1) is 17.5. The Hall–Kier alpha value is -3.28. The molecule has 1 heterocycles. The number of benzene rings is 2. The lowest BCUT2D eigenvalue weighted by atomic mass is 10.1. The van der Waals surface area contributed by atoms with Crippen LogP contribution in [0, 0.1) is 12.7 Å². The molecule has 2 aromatic carbocycles. The number of anilines is 2. The maximum Gasteiger partial charge on any atom is 0.274 e. The van der Waals surface area contributed by atoms with Crippen molar-refractivity contribution in [2.24, 2.45) is 0 Å². The summed E-state index contributed by atoms with van der Waals surface area (Å²) in [7, 11) is 0. The van der Waals surface area contributed by atoms with Gasteiger partial charge in [-0.25, -0.2) is 14.4 Å². The van der Waals surface area contributed by atoms with Gasteiger partial charge in [-0.1, -0.05) is 36.4 Å². The van der Waals surface area contributed by atoms with Crippen molar-refractivity contribution in [3.8, 4) is 0 Å². The van der Waals surface area contributed by atoms with Gasteiger partial charge >= 0.3 is 0 Å². The number of nitrogens with one attached hydrogen (secondary N) is 2. The topological polar surface area (TPSA) is 66.9 Å². The van der Waals surface area contributed by atoms with E-state index in [9.17, 15) is 9.18 Å². The molecular formula is C20H19FN4O. The van der Waals surface area contributed by atoms with Crippen molar-refractivity contribution in [1.82, 2.24) is 9.97 Å². The lowest BCUT2D eigenvalue weighted by Crippen LogP contribution is -2.17. The molecule has 2 N–H and O–H groups in total. The van der Waals surface area contributed by atoms with Gasteiger partial charge in [-0.05, 0) is 43.7 Å². The molecule has 0 radical (unpaired) electrons. The van der Waals surface area contributed by atoms with Crippen molar-refractivity contribution in [3.05, 3.63) is 83.4 Å². The molecule has 5 nitrogen and oxygen atoms in total. The van der Waals surface area contributed by atoms with Crippen molar-refractivity contribution in [1.29, 1.82) is 0 Å². The molecule has 0 saturated heterocycles. The fourth-order valence-corrected chi connectivity index (χ4v) is 2.53. The van der Waals surface area contributed by atoms with Crippen LogP contribution in [-0.4, -0.2) is 15.9 Å². The van der Waals surface area contributed by atoms with Crippen molar-refractivity contribution < 1.29 is 9.18 Å². The molecule has 3 aromatic rings. The van der Waals surface area contributed by atoms with Gasteiger partial charge in [0, 0.05) is 11.4 Å². The van der Waals surface area contributed by atoms with E-state index in [0.29, 0.717) is 17.3 Å². The van der Waals surface area contributed by atoms with Crippen LogP contribution < -0.4 is 10.6 Å². The van der Waals surface area contributed by atoms with Crippen molar-refractivity contribution >= 4 is 17.5 Å². The number of rotatable bonds is 5. The first-order valence-electron chi connectivity index (χ1n) is 8.25. The van der Waals surface area contributed by atoms with E-state index in [4.69, 9.17) is 0 Å². The molecule has 0 fully saturated rings. The Morgan fingerprint density at radius 3 is 2.54 bits per heavy atom. The Bertz CT molecular complexity index is 915. The molecule has 0 aliphatic carbocycles. The molecule has 0 aliphatic rings. The molecule has 0 bridgehead atoms. The van der Waals surface area contributed by atoms with E-state index in [1.165, 1.54) is 18.2 Å². The maximum absolute atomic E-state index is 13.3. The minimum atomic E-state index is -0.420. The Kier molecular flexibility index (Phi) is 5.22. The van der Waals surface area contributed by atoms with Crippen molar-refractivity contribution in [2.75, 3.05) is 10.6 Å². The molecule has 3 rings (SSSR count). The van der Waals surface area contributed by atoms with Crippen LogP contribution in [0.2, 0.25) is 0 Å². The van der Waals surface area contributed by atoms with E-state index in [-0.39, 0.29) is 11.7 Å². The lowest BCUT2D eigenvalue weighted by Gasteiger charge is -2.15. The minimum absolute atomic E-state index is 0.0165. The molecule has 0 aliphatic heterocycles. The molecule has 1 amide bonds. The number of amides is 1. The Morgan fingerprint density at radius 1 is 1.04 bits per heavy atom. The lowest BCUT2D eigenvalue weighted by molar-refractivity contribution is 0.102. The van der Waals surface area contributed by atoms with E-state index in [1.807, 2.05) is 37.3 Å². The highest BCUT2D eigenvalue weighted by Gasteiger charge is 2.13. The molecule has 1 atom stereocenters. The first-order chi connectivity index (χ1) is 12.5. The van der Waals surface area contributed by atoms with Crippen LogP contribution in [0.3, 0.4) is 0 Å².